The van der Waals surface area contributed by atoms with E-state index in [1.165, 1.54) is 6.92 Å². The van der Waals surface area contributed by atoms with Gasteiger partial charge in [-0.1, -0.05) is 18.2 Å². The standard InChI is InChI=1S/C24H28N2O5/c1-16(27)31-24(9-10-24)23(28)26-20-4-2-3-17(14-20)18-5-6-22(19(13-18)15-25)30-21-7-11-29-12-8-21/h2-6,13-14,21H,7-12,15,25H2,1H3,(H,26,28). The second kappa shape index (κ2) is 9.08. The summed E-state index contributed by atoms with van der Waals surface area (Å²) in [6, 6.07) is 13.5. The molecule has 1 heterocycles. The van der Waals surface area contributed by atoms with Gasteiger partial charge in [-0.2, -0.15) is 0 Å². The van der Waals surface area contributed by atoms with Crippen LogP contribution < -0.4 is 15.8 Å². The van der Waals surface area contributed by atoms with E-state index in [4.69, 9.17) is 19.9 Å². The molecule has 7 heteroatoms. The van der Waals surface area contributed by atoms with Gasteiger partial charge in [0.15, 0.2) is 5.60 Å². The van der Waals surface area contributed by atoms with Gasteiger partial charge in [-0.3, -0.25) is 9.59 Å². The van der Waals surface area contributed by atoms with Gasteiger partial charge in [-0.15, -0.1) is 0 Å². The third-order valence-corrected chi connectivity index (χ3v) is 5.65. The summed E-state index contributed by atoms with van der Waals surface area (Å²) in [6.07, 6.45) is 3.00. The Balaban J connectivity index is 1.49. The van der Waals surface area contributed by atoms with Gasteiger partial charge in [0.2, 0.25) is 0 Å². The Morgan fingerprint density at radius 1 is 1.13 bits per heavy atom. The molecular formula is C24H28N2O5. The Labute approximate surface area is 181 Å². The lowest BCUT2D eigenvalue weighted by atomic mass is 10.0. The molecule has 1 aliphatic carbocycles. The van der Waals surface area contributed by atoms with Crippen LogP contribution in [0.2, 0.25) is 0 Å². The van der Waals surface area contributed by atoms with Crippen molar-refractivity contribution in [1.82, 2.24) is 0 Å². The maximum absolute atomic E-state index is 12.6. The molecule has 2 aliphatic rings. The van der Waals surface area contributed by atoms with Gasteiger partial charge in [0.25, 0.3) is 5.91 Å². The van der Waals surface area contributed by atoms with Crippen molar-refractivity contribution in [1.29, 1.82) is 0 Å². The highest BCUT2D eigenvalue weighted by Gasteiger charge is 2.53. The molecule has 0 atom stereocenters. The minimum Gasteiger partial charge on any atom is -0.490 e. The van der Waals surface area contributed by atoms with E-state index in [1.807, 2.05) is 42.5 Å². The zero-order chi connectivity index (χ0) is 21.8. The quantitative estimate of drug-likeness (QED) is 0.661. The number of nitrogens with two attached hydrogens (primary N) is 1. The molecule has 0 aromatic heterocycles. The lowest BCUT2D eigenvalue weighted by molar-refractivity contribution is -0.154. The van der Waals surface area contributed by atoms with Crippen molar-refractivity contribution >= 4 is 17.6 Å². The van der Waals surface area contributed by atoms with Crippen LogP contribution in [0.5, 0.6) is 5.75 Å². The molecule has 0 bridgehead atoms. The molecule has 2 aromatic rings. The van der Waals surface area contributed by atoms with Crippen LogP contribution in [0.15, 0.2) is 42.5 Å². The molecule has 164 valence electrons. The maximum atomic E-state index is 12.6. The van der Waals surface area contributed by atoms with Gasteiger partial charge < -0.3 is 25.3 Å². The molecule has 1 saturated heterocycles. The minimum absolute atomic E-state index is 0.149. The number of carbonyl (C=O) groups excluding carboxylic acids is 2. The van der Waals surface area contributed by atoms with Crippen LogP contribution in [0.3, 0.4) is 0 Å². The number of anilines is 1. The third kappa shape index (κ3) is 5.06. The number of hydrogen-bond donors (Lipinski definition) is 2. The Bertz CT molecular complexity index is 964. The monoisotopic (exact) mass is 424 g/mol. The molecule has 4 rings (SSSR count). The third-order valence-electron chi connectivity index (χ3n) is 5.65. The summed E-state index contributed by atoms with van der Waals surface area (Å²) in [4.78, 5) is 23.9. The van der Waals surface area contributed by atoms with Crippen LogP contribution in [-0.4, -0.2) is 36.8 Å². The molecular weight excluding hydrogens is 396 g/mol. The summed E-state index contributed by atoms with van der Waals surface area (Å²) >= 11 is 0. The second-order valence-electron chi connectivity index (χ2n) is 8.08. The van der Waals surface area contributed by atoms with E-state index in [9.17, 15) is 9.59 Å². The number of carbonyl (C=O) groups is 2. The number of esters is 1. The molecule has 7 nitrogen and oxygen atoms in total. The zero-order valence-electron chi connectivity index (χ0n) is 17.7. The summed E-state index contributed by atoms with van der Waals surface area (Å²) in [6.45, 7) is 3.13. The molecule has 0 radical (unpaired) electrons. The Kier molecular flexibility index (Phi) is 6.25. The molecule has 0 spiro atoms. The van der Waals surface area contributed by atoms with Gasteiger partial charge >= 0.3 is 5.97 Å². The highest BCUT2D eigenvalue weighted by atomic mass is 16.6. The zero-order valence-corrected chi connectivity index (χ0v) is 17.7. The summed E-state index contributed by atoms with van der Waals surface area (Å²) in [7, 11) is 0. The van der Waals surface area contributed by atoms with E-state index in [-0.39, 0.29) is 12.0 Å². The van der Waals surface area contributed by atoms with Crippen molar-refractivity contribution in [3.63, 3.8) is 0 Å². The average molecular weight is 424 g/mol. The number of amides is 1. The largest absolute Gasteiger partial charge is 0.490 e. The van der Waals surface area contributed by atoms with E-state index in [1.54, 1.807) is 0 Å². The molecule has 2 aromatic carbocycles. The van der Waals surface area contributed by atoms with Gasteiger partial charge in [0.05, 0.1) is 13.2 Å². The van der Waals surface area contributed by atoms with Crippen molar-refractivity contribution in [3.8, 4) is 16.9 Å². The fraction of sp³-hybridized carbons (Fsp3) is 0.417. The van der Waals surface area contributed by atoms with E-state index < -0.39 is 11.6 Å². The molecule has 2 fully saturated rings. The van der Waals surface area contributed by atoms with Gasteiger partial charge in [0, 0.05) is 50.4 Å². The summed E-state index contributed by atoms with van der Waals surface area (Å²) < 4.78 is 16.8. The Morgan fingerprint density at radius 3 is 2.55 bits per heavy atom. The minimum atomic E-state index is -1.02. The van der Waals surface area contributed by atoms with Crippen molar-refractivity contribution < 1.29 is 23.8 Å². The predicted molar refractivity (Wildman–Crippen MR) is 117 cm³/mol. The number of ether oxygens (including phenoxy) is 3. The topological polar surface area (TPSA) is 99.9 Å². The summed E-state index contributed by atoms with van der Waals surface area (Å²) in [5.41, 5.74) is 8.49. The van der Waals surface area contributed by atoms with Gasteiger partial charge in [-0.05, 0) is 35.4 Å². The van der Waals surface area contributed by atoms with Crippen LogP contribution in [0.25, 0.3) is 11.1 Å². The number of benzene rings is 2. The molecule has 3 N–H and O–H groups in total. The number of hydrogen-bond acceptors (Lipinski definition) is 6. The Morgan fingerprint density at radius 2 is 1.87 bits per heavy atom. The fourth-order valence-corrected chi connectivity index (χ4v) is 3.79. The predicted octanol–water partition coefficient (Wildman–Crippen LogP) is 3.40. The second-order valence-corrected chi connectivity index (χ2v) is 8.08. The van der Waals surface area contributed by atoms with Crippen LogP contribution >= 0.6 is 0 Å². The first-order chi connectivity index (χ1) is 15.0. The first-order valence-electron chi connectivity index (χ1n) is 10.7. The van der Waals surface area contributed by atoms with E-state index in [0.717, 1.165) is 48.5 Å². The van der Waals surface area contributed by atoms with E-state index in [2.05, 4.69) is 5.32 Å². The van der Waals surface area contributed by atoms with Crippen LogP contribution in [0, 0.1) is 0 Å². The SMILES string of the molecule is CC(=O)OC1(C(=O)Nc2cccc(-c3ccc(OC4CCOCC4)c(CN)c3)c2)CC1. The highest BCUT2D eigenvalue weighted by Crippen LogP contribution is 2.41. The Hall–Kier alpha value is -2.90. The van der Waals surface area contributed by atoms with E-state index >= 15 is 0 Å². The smallest absolute Gasteiger partial charge is 0.303 e. The fourth-order valence-electron chi connectivity index (χ4n) is 3.79. The van der Waals surface area contributed by atoms with Crippen LogP contribution in [-0.2, 0) is 25.6 Å². The molecule has 1 aliphatic heterocycles. The normalized spacial score (nSPS) is 17.6. The van der Waals surface area contributed by atoms with Crippen molar-refractivity contribution in [3.05, 3.63) is 48.0 Å². The highest BCUT2D eigenvalue weighted by molar-refractivity contribution is 6.01. The van der Waals surface area contributed by atoms with Gasteiger partial charge in [0.1, 0.15) is 11.9 Å². The van der Waals surface area contributed by atoms with Crippen molar-refractivity contribution in [2.45, 2.75) is 50.9 Å². The first-order valence-corrected chi connectivity index (χ1v) is 10.7. The summed E-state index contributed by atoms with van der Waals surface area (Å²) in [5.74, 6) is 0.0705. The van der Waals surface area contributed by atoms with E-state index in [0.29, 0.717) is 25.1 Å². The van der Waals surface area contributed by atoms with Gasteiger partial charge in [-0.25, -0.2) is 0 Å². The average Bonchev–Trinajstić information content (AvgIpc) is 3.55. The number of rotatable bonds is 7. The van der Waals surface area contributed by atoms with Crippen molar-refractivity contribution in [2.24, 2.45) is 5.73 Å². The summed E-state index contributed by atoms with van der Waals surface area (Å²) in [5, 5.41) is 2.88. The lowest BCUT2D eigenvalue weighted by Crippen LogP contribution is -2.33. The van der Waals surface area contributed by atoms with Crippen molar-refractivity contribution in [2.75, 3.05) is 18.5 Å². The number of nitrogens with one attached hydrogen (secondary N) is 1. The van der Waals surface area contributed by atoms with Crippen LogP contribution in [0.4, 0.5) is 5.69 Å². The lowest BCUT2D eigenvalue weighted by Gasteiger charge is -2.24. The van der Waals surface area contributed by atoms with Crippen LogP contribution in [0.1, 0.15) is 38.2 Å². The first kappa shape index (κ1) is 21.3. The molecule has 31 heavy (non-hydrogen) atoms. The molecule has 1 saturated carbocycles. The maximum Gasteiger partial charge on any atom is 0.303 e. The molecule has 0 unspecified atom stereocenters. The molecule has 1 amide bonds.